The van der Waals surface area contributed by atoms with Crippen molar-refractivity contribution in [3.05, 3.63) is 48.6 Å². The normalized spacial score (nSPS) is 14.9. The molecule has 0 aliphatic heterocycles. The fraction of sp³-hybridized carbons (Fsp3) is 0.438. The van der Waals surface area contributed by atoms with Gasteiger partial charge in [-0.2, -0.15) is 0 Å². The summed E-state index contributed by atoms with van der Waals surface area (Å²) in [5, 5.41) is 12.6. The predicted molar refractivity (Wildman–Crippen MR) is 79.2 cm³/mol. The first-order chi connectivity index (χ1) is 9.58. The highest BCUT2D eigenvalue weighted by molar-refractivity contribution is 5.67. The van der Waals surface area contributed by atoms with E-state index in [0.717, 1.165) is 12.0 Å². The number of amides is 1. The van der Waals surface area contributed by atoms with Crippen LogP contribution in [0.1, 0.15) is 25.8 Å². The molecule has 1 aromatic rings. The molecule has 2 N–H and O–H groups in total. The van der Waals surface area contributed by atoms with Gasteiger partial charge in [0.25, 0.3) is 0 Å². The maximum atomic E-state index is 11.8. The van der Waals surface area contributed by atoms with Crippen LogP contribution < -0.4 is 5.32 Å². The van der Waals surface area contributed by atoms with Crippen LogP contribution >= 0.6 is 0 Å². The van der Waals surface area contributed by atoms with E-state index < -0.39 is 12.2 Å². The molecule has 0 heterocycles. The van der Waals surface area contributed by atoms with E-state index in [9.17, 15) is 9.90 Å². The van der Waals surface area contributed by atoms with Gasteiger partial charge < -0.3 is 15.2 Å². The Morgan fingerprint density at radius 2 is 2.10 bits per heavy atom. The number of benzene rings is 1. The van der Waals surface area contributed by atoms with E-state index in [1.54, 1.807) is 0 Å². The van der Waals surface area contributed by atoms with Crippen LogP contribution in [-0.4, -0.2) is 23.3 Å². The largest absolute Gasteiger partial charge is 0.445 e. The number of carbonyl (C=O) groups is 1. The van der Waals surface area contributed by atoms with Crippen LogP contribution in [0.15, 0.2) is 43.0 Å². The van der Waals surface area contributed by atoms with E-state index in [2.05, 4.69) is 11.9 Å². The molecule has 0 fully saturated rings. The Balaban J connectivity index is 2.51. The Morgan fingerprint density at radius 3 is 2.65 bits per heavy atom. The highest BCUT2D eigenvalue weighted by Gasteiger charge is 2.24. The molecule has 3 atom stereocenters. The molecule has 1 unspecified atom stereocenters. The van der Waals surface area contributed by atoms with Gasteiger partial charge in [-0.05, 0) is 11.5 Å². The predicted octanol–water partition coefficient (Wildman–Crippen LogP) is 2.87. The summed E-state index contributed by atoms with van der Waals surface area (Å²) in [5.74, 6) is 0.132. The third-order valence-corrected chi connectivity index (χ3v) is 3.36. The molecule has 20 heavy (non-hydrogen) atoms. The lowest BCUT2D eigenvalue weighted by Crippen LogP contribution is -2.46. The number of aliphatic hydroxyl groups is 1. The SMILES string of the molecule is C=CC(O)[C@@H](NC(=O)OCc1ccccc1)[C@@H](C)CC. The average molecular weight is 277 g/mol. The summed E-state index contributed by atoms with van der Waals surface area (Å²) < 4.78 is 5.15. The quantitative estimate of drug-likeness (QED) is 0.753. The third-order valence-electron chi connectivity index (χ3n) is 3.36. The van der Waals surface area contributed by atoms with E-state index in [1.807, 2.05) is 44.2 Å². The standard InChI is InChI=1S/C16H23NO3/c1-4-12(3)15(14(18)5-2)17-16(19)20-11-13-9-7-6-8-10-13/h5-10,12,14-15,18H,2,4,11H2,1,3H3,(H,17,19)/t12-,14?,15-/m0/s1. The van der Waals surface area contributed by atoms with Crippen LogP contribution in [0.25, 0.3) is 0 Å². The molecule has 0 aliphatic carbocycles. The number of rotatable bonds is 7. The Kier molecular flexibility index (Phi) is 6.81. The molecule has 0 saturated heterocycles. The Bertz CT molecular complexity index is 419. The fourth-order valence-corrected chi connectivity index (χ4v) is 1.87. The highest BCUT2D eigenvalue weighted by atomic mass is 16.5. The number of carbonyl (C=O) groups excluding carboxylic acids is 1. The minimum Gasteiger partial charge on any atom is -0.445 e. The number of hydrogen-bond acceptors (Lipinski definition) is 3. The molecule has 110 valence electrons. The monoisotopic (exact) mass is 277 g/mol. The lowest BCUT2D eigenvalue weighted by atomic mass is 9.94. The van der Waals surface area contributed by atoms with Crippen LogP contribution in [-0.2, 0) is 11.3 Å². The minimum absolute atomic E-state index is 0.132. The first kappa shape index (κ1) is 16.2. The molecule has 0 saturated carbocycles. The molecule has 0 spiro atoms. The average Bonchev–Trinajstić information content (AvgIpc) is 2.50. The molecule has 0 aromatic heterocycles. The van der Waals surface area contributed by atoms with Gasteiger partial charge in [0.2, 0.25) is 0 Å². The van der Waals surface area contributed by atoms with E-state index in [1.165, 1.54) is 6.08 Å². The summed E-state index contributed by atoms with van der Waals surface area (Å²) in [6, 6.07) is 9.07. The maximum Gasteiger partial charge on any atom is 0.407 e. The van der Waals surface area contributed by atoms with Gasteiger partial charge in [0.05, 0.1) is 12.1 Å². The van der Waals surface area contributed by atoms with Crippen molar-refractivity contribution in [2.24, 2.45) is 5.92 Å². The van der Waals surface area contributed by atoms with Gasteiger partial charge in [0, 0.05) is 0 Å². The minimum atomic E-state index is -0.783. The molecule has 0 radical (unpaired) electrons. The smallest absolute Gasteiger partial charge is 0.407 e. The topological polar surface area (TPSA) is 58.6 Å². The molecule has 1 amide bonds. The van der Waals surface area contributed by atoms with Gasteiger partial charge in [0.1, 0.15) is 6.61 Å². The number of nitrogens with one attached hydrogen (secondary N) is 1. The molecule has 4 nitrogen and oxygen atoms in total. The van der Waals surface area contributed by atoms with E-state index in [-0.39, 0.29) is 18.6 Å². The number of aliphatic hydroxyl groups excluding tert-OH is 1. The Morgan fingerprint density at radius 1 is 1.45 bits per heavy atom. The summed E-state index contributed by atoms with van der Waals surface area (Å²) in [4.78, 5) is 11.8. The first-order valence-corrected chi connectivity index (χ1v) is 6.86. The van der Waals surface area contributed by atoms with Gasteiger partial charge in [-0.25, -0.2) is 4.79 Å². The van der Waals surface area contributed by atoms with Crippen molar-refractivity contribution in [2.45, 2.75) is 39.0 Å². The molecule has 0 aliphatic rings. The van der Waals surface area contributed by atoms with Crippen molar-refractivity contribution in [1.29, 1.82) is 0 Å². The summed E-state index contributed by atoms with van der Waals surface area (Å²) in [7, 11) is 0. The number of alkyl carbamates (subject to hydrolysis) is 1. The second kappa shape index (κ2) is 8.38. The number of hydrogen-bond donors (Lipinski definition) is 2. The fourth-order valence-electron chi connectivity index (χ4n) is 1.87. The molecule has 1 aromatic carbocycles. The van der Waals surface area contributed by atoms with E-state index >= 15 is 0 Å². The van der Waals surface area contributed by atoms with E-state index in [4.69, 9.17) is 4.74 Å². The zero-order chi connectivity index (χ0) is 15.0. The summed E-state index contributed by atoms with van der Waals surface area (Å²) >= 11 is 0. The van der Waals surface area contributed by atoms with Crippen molar-refractivity contribution in [1.82, 2.24) is 5.32 Å². The second-order valence-corrected chi connectivity index (χ2v) is 4.84. The van der Waals surface area contributed by atoms with Crippen LogP contribution in [0.4, 0.5) is 4.79 Å². The molecular formula is C16H23NO3. The van der Waals surface area contributed by atoms with Crippen molar-refractivity contribution in [3.8, 4) is 0 Å². The maximum absolute atomic E-state index is 11.8. The van der Waals surface area contributed by atoms with Crippen molar-refractivity contribution >= 4 is 6.09 Å². The second-order valence-electron chi connectivity index (χ2n) is 4.84. The van der Waals surface area contributed by atoms with Crippen LogP contribution in [0, 0.1) is 5.92 Å². The lowest BCUT2D eigenvalue weighted by molar-refractivity contribution is 0.104. The van der Waals surface area contributed by atoms with Gasteiger partial charge in [-0.3, -0.25) is 0 Å². The van der Waals surface area contributed by atoms with Crippen molar-refractivity contribution in [2.75, 3.05) is 0 Å². The van der Waals surface area contributed by atoms with Crippen LogP contribution in [0.2, 0.25) is 0 Å². The number of ether oxygens (including phenoxy) is 1. The zero-order valence-corrected chi connectivity index (χ0v) is 12.1. The molecule has 4 heteroatoms. The van der Waals surface area contributed by atoms with Gasteiger partial charge in [0.15, 0.2) is 0 Å². The molecule has 1 rings (SSSR count). The zero-order valence-electron chi connectivity index (χ0n) is 12.1. The van der Waals surface area contributed by atoms with Crippen LogP contribution in [0.3, 0.4) is 0 Å². The molecular weight excluding hydrogens is 254 g/mol. The Labute approximate surface area is 120 Å². The van der Waals surface area contributed by atoms with Crippen LogP contribution in [0.5, 0.6) is 0 Å². The Hall–Kier alpha value is -1.81. The lowest BCUT2D eigenvalue weighted by Gasteiger charge is -2.26. The molecule has 0 bridgehead atoms. The first-order valence-electron chi connectivity index (χ1n) is 6.86. The summed E-state index contributed by atoms with van der Waals surface area (Å²) in [6.07, 6.45) is 0.956. The van der Waals surface area contributed by atoms with E-state index in [0.29, 0.717) is 0 Å². The summed E-state index contributed by atoms with van der Waals surface area (Å²) in [6.45, 7) is 7.74. The van der Waals surface area contributed by atoms with Gasteiger partial charge >= 0.3 is 6.09 Å². The van der Waals surface area contributed by atoms with Crippen molar-refractivity contribution in [3.63, 3.8) is 0 Å². The highest BCUT2D eigenvalue weighted by Crippen LogP contribution is 2.12. The third kappa shape index (κ3) is 5.05. The van der Waals surface area contributed by atoms with Gasteiger partial charge in [-0.1, -0.05) is 56.7 Å². The van der Waals surface area contributed by atoms with Gasteiger partial charge in [-0.15, -0.1) is 6.58 Å². The summed E-state index contributed by atoms with van der Waals surface area (Å²) in [5.41, 5.74) is 0.923. The van der Waals surface area contributed by atoms with Crippen molar-refractivity contribution < 1.29 is 14.6 Å².